The number of carbonyl (C=O) groups excluding carboxylic acids is 1. The van der Waals surface area contributed by atoms with Crippen LogP contribution in [-0.2, 0) is 17.6 Å². The van der Waals surface area contributed by atoms with Crippen LogP contribution in [0.25, 0.3) is 10.9 Å². The molecule has 108 valence electrons. The van der Waals surface area contributed by atoms with E-state index in [0.29, 0.717) is 13.0 Å². The molecule has 0 fully saturated rings. The molecule has 0 unspecified atom stereocenters. The molecule has 0 aliphatic carbocycles. The van der Waals surface area contributed by atoms with Gasteiger partial charge < -0.3 is 10.3 Å². The molecule has 3 N–H and O–H groups in total. The number of nitrogens with zero attached hydrogens (tertiary/aromatic N) is 2. The lowest BCUT2D eigenvalue weighted by atomic mass is 10.1. The molecule has 0 radical (unpaired) electrons. The molecule has 21 heavy (non-hydrogen) atoms. The summed E-state index contributed by atoms with van der Waals surface area (Å²) in [5.74, 6) is 0.887. The summed E-state index contributed by atoms with van der Waals surface area (Å²) in [4.78, 5) is 19.2. The van der Waals surface area contributed by atoms with Crippen molar-refractivity contribution in [2.45, 2.75) is 19.3 Å². The zero-order chi connectivity index (χ0) is 14.5. The molecule has 0 spiro atoms. The molecule has 0 aliphatic heterocycles. The fourth-order valence-corrected chi connectivity index (χ4v) is 2.35. The Morgan fingerprint density at radius 2 is 2.19 bits per heavy atom. The quantitative estimate of drug-likeness (QED) is 0.600. The van der Waals surface area contributed by atoms with E-state index < -0.39 is 0 Å². The predicted octanol–water partition coefficient (Wildman–Crippen LogP) is 1.58. The van der Waals surface area contributed by atoms with Crippen LogP contribution >= 0.6 is 0 Å². The molecular weight excluding hydrogens is 266 g/mol. The summed E-state index contributed by atoms with van der Waals surface area (Å²) in [6.07, 6.45) is 5.41. The zero-order valence-electron chi connectivity index (χ0n) is 11.6. The molecule has 2 aromatic heterocycles. The van der Waals surface area contributed by atoms with Crippen LogP contribution < -0.4 is 5.32 Å². The first-order valence-electron chi connectivity index (χ1n) is 6.99. The number of amides is 1. The number of benzene rings is 1. The van der Waals surface area contributed by atoms with Crippen molar-refractivity contribution >= 4 is 16.8 Å². The van der Waals surface area contributed by atoms with E-state index >= 15 is 0 Å². The highest BCUT2D eigenvalue weighted by molar-refractivity contribution is 5.88. The molecule has 3 aromatic rings. The number of carbonyl (C=O) groups is 1. The van der Waals surface area contributed by atoms with Crippen LogP contribution in [0.15, 0.2) is 36.8 Å². The Morgan fingerprint density at radius 1 is 1.29 bits per heavy atom. The number of H-pyrrole nitrogens is 2. The fraction of sp³-hybridized carbons (Fsp3) is 0.267. The maximum absolute atomic E-state index is 12.0. The van der Waals surface area contributed by atoms with Gasteiger partial charge in [0.25, 0.3) is 0 Å². The van der Waals surface area contributed by atoms with Crippen LogP contribution in [0.1, 0.15) is 17.8 Å². The molecule has 0 aliphatic rings. The molecule has 0 atom stereocenters. The molecule has 1 aromatic carbocycles. The van der Waals surface area contributed by atoms with Gasteiger partial charge in [0.05, 0.1) is 6.42 Å². The van der Waals surface area contributed by atoms with Crippen LogP contribution in [0, 0.1) is 0 Å². The van der Waals surface area contributed by atoms with E-state index in [4.69, 9.17) is 0 Å². The Hall–Kier alpha value is -2.63. The first kappa shape index (κ1) is 13.4. The van der Waals surface area contributed by atoms with Crippen LogP contribution in [-0.4, -0.2) is 32.6 Å². The second-order valence-corrected chi connectivity index (χ2v) is 4.92. The van der Waals surface area contributed by atoms with Crippen molar-refractivity contribution in [3.63, 3.8) is 0 Å². The summed E-state index contributed by atoms with van der Waals surface area (Å²) in [5.41, 5.74) is 2.09. The highest BCUT2D eigenvalue weighted by Gasteiger charge is 2.08. The summed E-state index contributed by atoms with van der Waals surface area (Å²) in [6.45, 7) is 0.641. The van der Waals surface area contributed by atoms with Gasteiger partial charge in [0, 0.05) is 30.1 Å². The van der Waals surface area contributed by atoms with Crippen LogP contribution in [0.3, 0.4) is 0 Å². The lowest BCUT2D eigenvalue weighted by molar-refractivity contribution is -0.120. The normalized spacial score (nSPS) is 10.9. The Labute approximate surface area is 122 Å². The van der Waals surface area contributed by atoms with Crippen molar-refractivity contribution in [2.75, 3.05) is 6.54 Å². The van der Waals surface area contributed by atoms with Crippen molar-refractivity contribution in [3.8, 4) is 0 Å². The van der Waals surface area contributed by atoms with Crippen LogP contribution in [0.5, 0.6) is 0 Å². The van der Waals surface area contributed by atoms with E-state index in [9.17, 15) is 4.79 Å². The minimum atomic E-state index is 0.0392. The summed E-state index contributed by atoms with van der Waals surface area (Å²) >= 11 is 0. The molecular formula is C15H17N5O. The first-order chi connectivity index (χ1) is 10.3. The largest absolute Gasteiger partial charge is 0.361 e. The van der Waals surface area contributed by atoms with Crippen molar-refractivity contribution in [3.05, 3.63) is 48.2 Å². The smallest absolute Gasteiger partial charge is 0.224 e. The highest BCUT2D eigenvalue weighted by atomic mass is 16.1. The van der Waals surface area contributed by atoms with Gasteiger partial charge in [0.1, 0.15) is 12.2 Å². The maximum Gasteiger partial charge on any atom is 0.224 e. The van der Waals surface area contributed by atoms with Gasteiger partial charge in [-0.2, -0.15) is 5.10 Å². The third-order valence-electron chi connectivity index (χ3n) is 3.40. The Kier molecular flexibility index (Phi) is 3.95. The molecule has 0 bridgehead atoms. The Bertz CT molecular complexity index is 717. The topological polar surface area (TPSA) is 86.5 Å². The Morgan fingerprint density at radius 3 is 3.05 bits per heavy atom. The van der Waals surface area contributed by atoms with Crippen molar-refractivity contribution in [1.29, 1.82) is 0 Å². The van der Waals surface area contributed by atoms with Gasteiger partial charge in [-0.1, -0.05) is 18.2 Å². The Balaban J connectivity index is 1.48. The lowest BCUT2D eigenvalue weighted by Gasteiger charge is -2.04. The zero-order valence-corrected chi connectivity index (χ0v) is 11.6. The van der Waals surface area contributed by atoms with Gasteiger partial charge >= 0.3 is 0 Å². The van der Waals surface area contributed by atoms with E-state index in [0.717, 1.165) is 35.1 Å². The summed E-state index contributed by atoms with van der Waals surface area (Å²) in [7, 11) is 0. The SMILES string of the molecule is O=C(Cc1c[nH]c2ccccc12)NCCCc1ncn[nH]1. The number of nitrogens with one attached hydrogen (secondary N) is 3. The number of aryl methyl sites for hydroxylation is 1. The van der Waals surface area contributed by atoms with Gasteiger partial charge in [0.2, 0.25) is 5.91 Å². The minimum absolute atomic E-state index is 0.0392. The van der Waals surface area contributed by atoms with Gasteiger partial charge in [-0.3, -0.25) is 9.89 Å². The summed E-state index contributed by atoms with van der Waals surface area (Å²) in [6, 6.07) is 7.99. The molecule has 2 heterocycles. The molecule has 1 amide bonds. The van der Waals surface area contributed by atoms with Crippen molar-refractivity contribution in [2.24, 2.45) is 0 Å². The number of para-hydroxylation sites is 1. The average Bonchev–Trinajstić information content (AvgIpc) is 3.14. The maximum atomic E-state index is 12.0. The second kappa shape index (κ2) is 6.21. The molecule has 3 rings (SSSR count). The van der Waals surface area contributed by atoms with Crippen LogP contribution in [0.2, 0.25) is 0 Å². The first-order valence-corrected chi connectivity index (χ1v) is 6.99. The number of aromatic nitrogens is 4. The number of hydrogen-bond acceptors (Lipinski definition) is 3. The van der Waals surface area contributed by atoms with Crippen LogP contribution in [0.4, 0.5) is 0 Å². The highest BCUT2D eigenvalue weighted by Crippen LogP contribution is 2.17. The number of rotatable bonds is 6. The molecule has 0 saturated carbocycles. The third kappa shape index (κ3) is 3.28. The van der Waals surface area contributed by atoms with E-state index in [1.54, 1.807) is 0 Å². The van der Waals surface area contributed by atoms with E-state index in [1.807, 2.05) is 30.5 Å². The molecule has 6 nitrogen and oxygen atoms in total. The van der Waals surface area contributed by atoms with Crippen molar-refractivity contribution < 1.29 is 4.79 Å². The van der Waals surface area contributed by atoms with E-state index in [1.165, 1.54) is 6.33 Å². The van der Waals surface area contributed by atoms with Gasteiger partial charge in [0.15, 0.2) is 0 Å². The predicted molar refractivity (Wildman–Crippen MR) is 79.7 cm³/mol. The number of hydrogen-bond donors (Lipinski definition) is 3. The summed E-state index contributed by atoms with van der Waals surface area (Å²) < 4.78 is 0. The lowest BCUT2D eigenvalue weighted by Crippen LogP contribution is -2.26. The van der Waals surface area contributed by atoms with Crippen molar-refractivity contribution in [1.82, 2.24) is 25.5 Å². The standard InChI is InChI=1S/C15H17N5O/c21-15(16-7-3-6-14-18-10-19-20-14)8-11-9-17-13-5-2-1-4-12(11)13/h1-2,4-5,9-10,17H,3,6-8H2,(H,16,21)(H,18,19,20). The minimum Gasteiger partial charge on any atom is -0.361 e. The van der Waals surface area contributed by atoms with Gasteiger partial charge in [-0.05, 0) is 18.1 Å². The summed E-state index contributed by atoms with van der Waals surface area (Å²) in [5, 5.41) is 10.6. The third-order valence-corrected chi connectivity index (χ3v) is 3.40. The fourth-order valence-electron chi connectivity index (χ4n) is 2.35. The average molecular weight is 283 g/mol. The van der Waals surface area contributed by atoms with E-state index in [-0.39, 0.29) is 5.91 Å². The van der Waals surface area contributed by atoms with Gasteiger partial charge in [-0.25, -0.2) is 4.98 Å². The van der Waals surface area contributed by atoms with Gasteiger partial charge in [-0.15, -0.1) is 0 Å². The van der Waals surface area contributed by atoms with E-state index in [2.05, 4.69) is 25.5 Å². The number of fused-ring (bicyclic) bond motifs is 1. The second-order valence-electron chi connectivity index (χ2n) is 4.92. The monoisotopic (exact) mass is 283 g/mol. The molecule has 0 saturated heterocycles. The number of aromatic amines is 2. The molecule has 6 heteroatoms.